The molecule has 2 rings (SSSR count). The Kier molecular flexibility index (Phi) is 3.39. The van der Waals surface area contributed by atoms with E-state index in [1.165, 1.54) is 12.8 Å². The molecule has 2 nitrogen and oxygen atoms in total. The summed E-state index contributed by atoms with van der Waals surface area (Å²) in [4.78, 5) is 10.7. The van der Waals surface area contributed by atoms with E-state index in [4.69, 9.17) is 0 Å². The zero-order valence-corrected chi connectivity index (χ0v) is 10.5. The van der Waals surface area contributed by atoms with Gasteiger partial charge in [0.05, 0.1) is 6.10 Å². The molecule has 1 N–H and O–H groups in total. The molecule has 1 unspecified atom stereocenters. The van der Waals surface area contributed by atoms with Crippen LogP contribution < -0.4 is 0 Å². The van der Waals surface area contributed by atoms with Gasteiger partial charge in [0, 0.05) is 6.42 Å². The quantitative estimate of drug-likeness (QED) is 0.748. The van der Waals surface area contributed by atoms with Gasteiger partial charge in [0.15, 0.2) is 0 Å². The largest absolute Gasteiger partial charge is 0.393 e. The van der Waals surface area contributed by atoms with Crippen molar-refractivity contribution < 1.29 is 9.90 Å². The number of carbonyl (C=O) groups excluding carboxylic acids is 1. The highest BCUT2D eigenvalue weighted by Crippen LogP contribution is 2.57. The van der Waals surface area contributed by atoms with Crippen molar-refractivity contribution in [2.24, 2.45) is 23.2 Å². The number of carbonyl (C=O) groups is 1. The lowest BCUT2D eigenvalue weighted by Gasteiger charge is -2.45. The monoisotopic (exact) mass is 224 g/mol. The summed E-state index contributed by atoms with van der Waals surface area (Å²) in [5.41, 5.74) is 0.292. The molecule has 2 aliphatic carbocycles. The predicted molar refractivity (Wildman–Crippen MR) is 64.0 cm³/mol. The van der Waals surface area contributed by atoms with Crippen molar-refractivity contribution in [2.45, 2.75) is 58.5 Å². The third-order valence-corrected chi connectivity index (χ3v) is 5.32. The van der Waals surface area contributed by atoms with Crippen LogP contribution in [-0.4, -0.2) is 17.5 Å². The van der Waals surface area contributed by atoms with Crippen molar-refractivity contribution in [3.8, 4) is 0 Å². The van der Waals surface area contributed by atoms with Crippen LogP contribution >= 0.6 is 0 Å². The standard InChI is InChI=1S/C14H24O2/c1-10(7-9-15)11-5-6-12-13(16)4-3-8-14(11,12)2/h9-13,16H,3-8H2,1-2H3/t10-,11-,12?,13+,14-/m0/s1. The Morgan fingerprint density at radius 3 is 2.88 bits per heavy atom. The van der Waals surface area contributed by atoms with Crippen LogP contribution in [0.3, 0.4) is 0 Å². The van der Waals surface area contributed by atoms with Crippen molar-refractivity contribution in [3.05, 3.63) is 0 Å². The molecule has 0 heterocycles. The van der Waals surface area contributed by atoms with Crippen LogP contribution in [0, 0.1) is 23.2 Å². The Bertz CT molecular complexity index is 263. The van der Waals surface area contributed by atoms with Gasteiger partial charge >= 0.3 is 0 Å². The second-order valence-electron chi connectivity index (χ2n) is 6.14. The summed E-state index contributed by atoms with van der Waals surface area (Å²) in [6.07, 6.45) is 7.38. The molecule has 0 spiro atoms. The maximum Gasteiger partial charge on any atom is 0.120 e. The number of rotatable bonds is 3. The SMILES string of the molecule is C[C@@H](CC=O)[C@@H]1CCC2[C@H](O)CCC[C@]21C. The molecule has 0 aromatic heterocycles. The Morgan fingerprint density at radius 1 is 1.44 bits per heavy atom. The molecule has 0 aliphatic heterocycles. The third-order valence-electron chi connectivity index (χ3n) is 5.32. The minimum Gasteiger partial charge on any atom is -0.393 e. The number of aldehydes is 1. The minimum atomic E-state index is -0.0906. The molecule has 0 aromatic rings. The third kappa shape index (κ3) is 1.81. The maximum absolute atomic E-state index is 10.7. The molecule has 16 heavy (non-hydrogen) atoms. The van der Waals surface area contributed by atoms with E-state index < -0.39 is 0 Å². The molecule has 5 atom stereocenters. The van der Waals surface area contributed by atoms with Crippen LogP contribution in [0.25, 0.3) is 0 Å². The lowest BCUT2D eigenvalue weighted by atomic mass is 9.61. The summed E-state index contributed by atoms with van der Waals surface area (Å²) >= 11 is 0. The van der Waals surface area contributed by atoms with Gasteiger partial charge in [0.2, 0.25) is 0 Å². The number of hydrogen-bond acceptors (Lipinski definition) is 2. The predicted octanol–water partition coefficient (Wildman–Crippen LogP) is 2.79. The molecular formula is C14H24O2. The second kappa shape index (κ2) is 4.48. The Morgan fingerprint density at radius 2 is 2.19 bits per heavy atom. The van der Waals surface area contributed by atoms with E-state index in [1.807, 2.05) is 0 Å². The Hall–Kier alpha value is -0.370. The van der Waals surface area contributed by atoms with Crippen LogP contribution in [-0.2, 0) is 4.79 Å². The van der Waals surface area contributed by atoms with Gasteiger partial charge in [0.1, 0.15) is 6.29 Å². The van der Waals surface area contributed by atoms with Gasteiger partial charge in [-0.15, -0.1) is 0 Å². The molecule has 92 valence electrons. The highest BCUT2D eigenvalue weighted by Gasteiger charge is 2.51. The lowest BCUT2D eigenvalue weighted by Crippen LogP contribution is -2.41. The van der Waals surface area contributed by atoms with Crippen LogP contribution in [0.2, 0.25) is 0 Å². The van der Waals surface area contributed by atoms with Gasteiger partial charge in [0.25, 0.3) is 0 Å². The van der Waals surface area contributed by atoms with Crippen molar-refractivity contribution >= 4 is 6.29 Å². The van der Waals surface area contributed by atoms with Crippen molar-refractivity contribution in [3.63, 3.8) is 0 Å². The molecule has 2 fully saturated rings. The van der Waals surface area contributed by atoms with Crippen LogP contribution in [0.4, 0.5) is 0 Å². The Balaban J connectivity index is 2.14. The summed E-state index contributed by atoms with van der Waals surface area (Å²) < 4.78 is 0. The fourth-order valence-corrected chi connectivity index (χ4v) is 4.44. The number of aliphatic hydroxyl groups is 1. The summed E-state index contributed by atoms with van der Waals surface area (Å²) in [6.45, 7) is 4.55. The molecule has 2 aliphatic rings. The molecule has 0 saturated heterocycles. The first-order chi connectivity index (χ1) is 7.59. The number of aliphatic hydroxyl groups excluding tert-OH is 1. The fraction of sp³-hybridized carbons (Fsp3) is 0.929. The maximum atomic E-state index is 10.7. The first-order valence-corrected chi connectivity index (χ1v) is 6.71. The number of fused-ring (bicyclic) bond motifs is 1. The van der Waals surface area contributed by atoms with Crippen LogP contribution in [0.1, 0.15) is 52.4 Å². The van der Waals surface area contributed by atoms with Gasteiger partial charge in [-0.3, -0.25) is 0 Å². The van der Waals surface area contributed by atoms with Gasteiger partial charge in [-0.2, -0.15) is 0 Å². The van der Waals surface area contributed by atoms with E-state index in [1.54, 1.807) is 0 Å². The highest BCUT2D eigenvalue weighted by molar-refractivity contribution is 5.49. The van der Waals surface area contributed by atoms with Crippen molar-refractivity contribution in [1.82, 2.24) is 0 Å². The smallest absolute Gasteiger partial charge is 0.120 e. The Labute approximate surface area is 98.4 Å². The van der Waals surface area contributed by atoms with Gasteiger partial charge in [-0.25, -0.2) is 0 Å². The molecule has 0 aromatic carbocycles. The fourth-order valence-electron chi connectivity index (χ4n) is 4.44. The average Bonchev–Trinajstić information content (AvgIpc) is 2.57. The zero-order chi connectivity index (χ0) is 11.8. The molecule has 2 saturated carbocycles. The van der Waals surface area contributed by atoms with Gasteiger partial charge in [-0.1, -0.05) is 20.3 Å². The molecule has 0 amide bonds. The van der Waals surface area contributed by atoms with E-state index in [2.05, 4.69) is 13.8 Å². The minimum absolute atomic E-state index is 0.0906. The van der Waals surface area contributed by atoms with Gasteiger partial charge in [-0.05, 0) is 48.9 Å². The highest BCUT2D eigenvalue weighted by atomic mass is 16.3. The molecule has 0 radical (unpaired) electrons. The second-order valence-corrected chi connectivity index (χ2v) is 6.14. The molecular weight excluding hydrogens is 200 g/mol. The lowest BCUT2D eigenvalue weighted by molar-refractivity contribution is -0.109. The first-order valence-electron chi connectivity index (χ1n) is 6.71. The first kappa shape index (κ1) is 12.1. The molecule has 2 heteroatoms. The zero-order valence-electron chi connectivity index (χ0n) is 10.5. The van der Waals surface area contributed by atoms with Crippen molar-refractivity contribution in [1.29, 1.82) is 0 Å². The summed E-state index contributed by atoms with van der Waals surface area (Å²) in [5.74, 6) is 1.61. The number of hydrogen-bond donors (Lipinski definition) is 1. The molecule has 0 bridgehead atoms. The van der Waals surface area contributed by atoms with Crippen LogP contribution in [0.5, 0.6) is 0 Å². The summed E-state index contributed by atoms with van der Waals surface area (Å²) in [5, 5.41) is 10.1. The van der Waals surface area contributed by atoms with Crippen molar-refractivity contribution in [2.75, 3.05) is 0 Å². The van der Waals surface area contributed by atoms with Crippen LogP contribution in [0.15, 0.2) is 0 Å². The average molecular weight is 224 g/mol. The topological polar surface area (TPSA) is 37.3 Å². The van der Waals surface area contributed by atoms with Gasteiger partial charge < -0.3 is 9.90 Å². The van der Waals surface area contributed by atoms with E-state index >= 15 is 0 Å². The summed E-state index contributed by atoms with van der Waals surface area (Å²) in [7, 11) is 0. The normalized spacial score (nSPS) is 45.1. The van der Waals surface area contributed by atoms with E-state index in [0.717, 1.165) is 25.5 Å². The van der Waals surface area contributed by atoms with E-state index in [0.29, 0.717) is 29.6 Å². The van der Waals surface area contributed by atoms with E-state index in [9.17, 15) is 9.90 Å². The summed E-state index contributed by atoms with van der Waals surface area (Å²) in [6, 6.07) is 0. The van der Waals surface area contributed by atoms with E-state index in [-0.39, 0.29) is 6.10 Å².